The molecule has 0 spiro atoms. The summed E-state index contributed by atoms with van der Waals surface area (Å²) >= 11 is 0. The third-order valence-electron chi connectivity index (χ3n) is 7.50. The Morgan fingerprint density at radius 1 is 1.41 bits per heavy atom. The molecule has 0 bridgehead atoms. The summed E-state index contributed by atoms with van der Waals surface area (Å²) in [6, 6.07) is 5.25. The van der Waals surface area contributed by atoms with Crippen molar-refractivity contribution in [3.05, 3.63) is 47.3 Å². The van der Waals surface area contributed by atoms with Gasteiger partial charge in [-0.25, -0.2) is 0 Å². The molecule has 1 aliphatic carbocycles. The highest BCUT2D eigenvalue weighted by molar-refractivity contribution is 5.96. The van der Waals surface area contributed by atoms with E-state index in [2.05, 4.69) is 35.1 Å². The van der Waals surface area contributed by atoms with Gasteiger partial charge in [-0.1, -0.05) is 25.6 Å². The minimum atomic E-state index is -0.810. The zero-order chi connectivity index (χ0) is 23.0. The monoisotopic (exact) mass is 439 g/mol. The number of nitrogens with zero attached hydrogens (tertiary/aromatic N) is 2. The van der Waals surface area contributed by atoms with Gasteiger partial charge in [0.1, 0.15) is 6.10 Å². The maximum Gasteiger partial charge on any atom is 0.251 e. The molecule has 32 heavy (non-hydrogen) atoms. The summed E-state index contributed by atoms with van der Waals surface area (Å²) in [6.07, 6.45) is 5.06. The summed E-state index contributed by atoms with van der Waals surface area (Å²) in [5.41, 5.74) is 8.63. The van der Waals surface area contributed by atoms with Crippen molar-refractivity contribution in [2.75, 3.05) is 6.54 Å². The molecule has 0 saturated carbocycles. The van der Waals surface area contributed by atoms with Crippen LogP contribution in [0.3, 0.4) is 0 Å². The zero-order valence-electron chi connectivity index (χ0n) is 19.5. The molecule has 1 aromatic rings. The van der Waals surface area contributed by atoms with Gasteiger partial charge in [0.2, 0.25) is 0 Å². The first-order chi connectivity index (χ1) is 15.3. The van der Waals surface area contributed by atoms with E-state index >= 15 is 0 Å². The van der Waals surface area contributed by atoms with E-state index in [9.17, 15) is 9.90 Å². The molecule has 7 heteroatoms. The fourth-order valence-corrected chi connectivity index (χ4v) is 5.83. The number of nitrogens with one attached hydrogen (secondary N) is 2. The van der Waals surface area contributed by atoms with Gasteiger partial charge in [0.25, 0.3) is 5.91 Å². The molecule has 7 nitrogen and oxygen atoms in total. The average molecular weight is 440 g/mol. The summed E-state index contributed by atoms with van der Waals surface area (Å²) in [6.45, 7) is 10.8. The highest BCUT2D eigenvalue weighted by Gasteiger charge is 2.59. The van der Waals surface area contributed by atoms with E-state index in [1.807, 2.05) is 26.0 Å². The molecular weight excluding hydrogens is 402 g/mol. The number of aryl methyl sites for hydroxylation is 1. The second-order valence-corrected chi connectivity index (χ2v) is 9.71. The van der Waals surface area contributed by atoms with Crippen LogP contribution in [0, 0.1) is 0 Å². The summed E-state index contributed by atoms with van der Waals surface area (Å²) in [5.74, 6) is 1.22. The molecule has 0 aromatic heterocycles. The molecule has 3 aliphatic rings. The van der Waals surface area contributed by atoms with Crippen molar-refractivity contribution in [1.29, 1.82) is 0 Å². The Balaban J connectivity index is 1.60. The maximum atomic E-state index is 13.3. The molecule has 174 valence electrons. The van der Waals surface area contributed by atoms with E-state index in [1.54, 1.807) is 0 Å². The van der Waals surface area contributed by atoms with Crippen LogP contribution in [0.4, 0.5) is 0 Å². The van der Waals surface area contributed by atoms with Crippen molar-refractivity contribution in [2.45, 2.75) is 89.1 Å². The van der Waals surface area contributed by atoms with Crippen LogP contribution < -0.4 is 16.4 Å². The quantitative estimate of drug-likeness (QED) is 0.416. The number of hydrogen-bond donors (Lipinski definition) is 4. The number of aliphatic imine (C=N–C) groups is 1. The molecule has 4 rings (SSSR count). The predicted molar refractivity (Wildman–Crippen MR) is 128 cm³/mol. The van der Waals surface area contributed by atoms with E-state index in [1.165, 1.54) is 12.0 Å². The highest BCUT2D eigenvalue weighted by Crippen LogP contribution is 2.41. The first-order valence-electron chi connectivity index (χ1n) is 11.9. The first-order valence-corrected chi connectivity index (χ1v) is 11.9. The topological polar surface area (TPSA) is 103 Å². The van der Waals surface area contributed by atoms with Gasteiger partial charge < -0.3 is 26.4 Å². The number of rotatable bonds is 5. The Kier molecular flexibility index (Phi) is 6.21. The van der Waals surface area contributed by atoms with Crippen molar-refractivity contribution in [2.24, 2.45) is 10.7 Å². The van der Waals surface area contributed by atoms with E-state index in [4.69, 9.17) is 10.7 Å². The van der Waals surface area contributed by atoms with Gasteiger partial charge in [0.05, 0.1) is 29.3 Å². The molecule has 2 aliphatic heterocycles. The van der Waals surface area contributed by atoms with Crippen LogP contribution >= 0.6 is 0 Å². The average Bonchev–Trinajstić information content (AvgIpc) is 3.02. The second-order valence-electron chi connectivity index (χ2n) is 9.71. The summed E-state index contributed by atoms with van der Waals surface area (Å²) in [5, 5.41) is 18.0. The Hall–Kier alpha value is -2.54. The van der Waals surface area contributed by atoms with Crippen LogP contribution in [-0.2, 0) is 12.8 Å². The lowest BCUT2D eigenvalue weighted by Crippen LogP contribution is -2.67. The third kappa shape index (κ3) is 3.76. The van der Waals surface area contributed by atoms with Gasteiger partial charge in [-0.3, -0.25) is 9.79 Å². The van der Waals surface area contributed by atoms with Gasteiger partial charge in [-0.05, 0) is 63.1 Å². The number of amides is 1. The standard InChI is InChI=1S/C25H37N5O2/c1-5-9-21(26)29-22-15(2)27-16(3)30-14-20(23(31)25(22,30)4)28-24(32)19-13-8-11-17-10-6-7-12-18(17)19/h8,11,13,15,20,22-23,27,31H,3,5-7,9-10,12,14H2,1-2,4H3,(H2,26,29)(H,28,32)/t15?,20?,22-,23?,25?/m0/s1. The minimum absolute atomic E-state index is 0.0376. The molecule has 2 fully saturated rings. The van der Waals surface area contributed by atoms with Crippen LogP contribution in [0.15, 0.2) is 35.6 Å². The van der Waals surface area contributed by atoms with Gasteiger partial charge in [0.15, 0.2) is 0 Å². The molecule has 2 saturated heterocycles. The number of hydrogen-bond acceptors (Lipinski definition) is 5. The first kappa shape index (κ1) is 22.6. The number of benzene rings is 1. The number of carbonyl (C=O) groups is 1. The lowest BCUT2D eigenvalue weighted by atomic mass is 9.80. The second kappa shape index (κ2) is 8.77. The Morgan fingerprint density at radius 2 is 2.16 bits per heavy atom. The molecule has 4 unspecified atom stereocenters. The Bertz CT molecular complexity index is 929. The number of nitrogens with two attached hydrogens (primary N) is 1. The predicted octanol–water partition coefficient (Wildman–Crippen LogP) is 2.09. The molecule has 5 N–H and O–H groups in total. The third-order valence-corrected chi connectivity index (χ3v) is 7.50. The van der Waals surface area contributed by atoms with Crippen molar-refractivity contribution >= 4 is 11.7 Å². The summed E-state index contributed by atoms with van der Waals surface area (Å²) < 4.78 is 0. The molecule has 1 aromatic carbocycles. The molecule has 1 amide bonds. The Labute approximate surface area is 191 Å². The molecule has 5 atom stereocenters. The largest absolute Gasteiger partial charge is 0.388 e. The molecule has 2 heterocycles. The normalized spacial score (nSPS) is 32.2. The zero-order valence-corrected chi connectivity index (χ0v) is 19.5. The van der Waals surface area contributed by atoms with Crippen molar-refractivity contribution < 1.29 is 9.90 Å². The fourth-order valence-electron chi connectivity index (χ4n) is 5.83. The molecular formula is C25H37N5O2. The lowest BCUT2D eigenvalue weighted by Gasteiger charge is -2.51. The van der Waals surface area contributed by atoms with Crippen molar-refractivity contribution in [1.82, 2.24) is 15.5 Å². The SMILES string of the molecule is C=C1NC(C)[C@H](N=C(N)CCC)C2(C)C(O)C(NC(=O)c3cccc4c3CCCC4)CN12. The van der Waals surface area contributed by atoms with E-state index in [-0.39, 0.29) is 18.0 Å². The van der Waals surface area contributed by atoms with Gasteiger partial charge in [-0.2, -0.15) is 0 Å². The Morgan fingerprint density at radius 3 is 2.91 bits per heavy atom. The van der Waals surface area contributed by atoms with Crippen LogP contribution in [-0.4, -0.2) is 58.1 Å². The van der Waals surface area contributed by atoms with E-state index < -0.39 is 17.7 Å². The van der Waals surface area contributed by atoms with Crippen LogP contribution in [0.2, 0.25) is 0 Å². The number of amidine groups is 1. The minimum Gasteiger partial charge on any atom is -0.388 e. The number of carbonyl (C=O) groups excluding carboxylic acids is 1. The van der Waals surface area contributed by atoms with Crippen molar-refractivity contribution in [3.63, 3.8) is 0 Å². The van der Waals surface area contributed by atoms with Crippen LogP contribution in [0.5, 0.6) is 0 Å². The fraction of sp³-hybridized carbons (Fsp3) is 0.600. The summed E-state index contributed by atoms with van der Waals surface area (Å²) in [7, 11) is 0. The van der Waals surface area contributed by atoms with E-state index in [0.29, 0.717) is 12.4 Å². The van der Waals surface area contributed by atoms with Crippen LogP contribution in [0.25, 0.3) is 0 Å². The number of fused-ring (bicyclic) bond motifs is 2. The smallest absolute Gasteiger partial charge is 0.251 e. The van der Waals surface area contributed by atoms with Crippen LogP contribution in [0.1, 0.15) is 67.9 Å². The summed E-state index contributed by atoms with van der Waals surface area (Å²) in [4.78, 5) is 20.2. The van der Waals surface area contributed by atoms with E-state index in [0.717, 1.165) is 49.1 Å². The number of aliphatic hydroxyl groups excluding tert-OH is 1. The molecule has 0 radical (unpaired) electrons. The number of aliphatic hydroxyl groups is 1. The lowest BCUT2D eigenvalue weighted by molar-refractivity contribution is 0.00303. The maximum absolute atomic E-state index is 13.3. The highest BCUT2D eigenvalue weighted by atomic mass is 16.3. The van der Waals surface area contributed by atoms with Crippen molar-refractivity contribution in [3.8, 4) is 0 Å². The van der Waals surface area contributed by atoms with Gasteiger partial charge in [0, 0.05) is 24.6 Å². The van der Waals surface area contributed by atoms with Gasteiger partial charge >= 0.3 is 0 Å². The van der Waals surface area contributed by atoms with Gasteiger partial charge in [-0.15, -0.1) is 0 Å².